The molecular weight excluding hydrogens is 396 g/mol. The number of aliphatic imine (C=N–C) groups is 1. The van der Waals surface area contributed by atoms with Gasteiger partial charge in [-0.25, -0.2) is 9.97 Å². The second-order valence-electron chi connectivity index (χ2n) is 6.93. The molecule has 0 spiro atoms. The molecule has 0 unspecified atom stereocenters. The standard InChI is InChI=1S/C19H12N4.C5H12N2.C2H6/c1-3-7-15-13(5-1)14-6-2-4-8-16(14)19-18(15)21-11-17(22-19)23-10-9-20-12-23;1-4-7(3)5-6-2;1-2/h1-12H;5H,4H2,1-3H3;1-2H3. The van der Waals surface area contributed by atoms with Crippen LogP contribution in [0.1, 0.15) is 20.8 Å². The second kappa shape index (κ2) is 11.0. The number of imidazole rings is 1. The molecule has 3 aromatic carbocycles. The highest BCUT2D eigenvalue weighted by Crippen LogP contribution is 2.32. The zero-order valence-corrected chi connectivity index (χ0v) is 19.4. The number of benzene rings is 3. The molecule has 0 radical (unpaired) electrons. The van der Waals surface area contributed by atoms with Crippen molar-refractivity contribution >= 4 is 38.9 Å². The number of hydrogen-bond donors (Lipinski definition) is 0. The summed E-state index contributed by atoms with van der Waals surface area (Å²) in [6.07, 6.45) is 8.95. The highest BCUT2D eigenvalue weighted by atomic mass is 15.1. The van der Waals surface area contributed by atoms with Gasteiger partial charge in [-0.3, -0.25) is 14.5 Å². The fourth-order valence-corrected chi connectivity index (χ4v) is 3.41. The van der Waals surface area contributed by atoms with Gasteiger partial charge in [-0.05, 0) is 17.7 Å². The van der Waals surface area contributed by atoms with Gasteiger partial charge in [-0.15, -0.1) is 0 Å². The maximum atomic E-state index is 4.86. The summed E-state index contributed by atoms with van der Waals surface area (Å²) in [6.45, 7) is 7.11. The van der Waals surface area contributed by atoms with Gasteiger partial charge in [0.25, 0.3) is 0 Å². The molecule has 6 nitrogen and oxygen atoms in total. The summed E-state index contributed by atoms with van der Waals surface area (Å²) < 4.78 is 1.87. The van der Waals surface area contributed by atoms with Crippen LogP contribution in [0, 0.1) is 0 Å². The normalized spacial score (nSPS) is 10.7. The van der Waals surface area contributed by atoms with Gasteiger partial charge in [-0.2, -0.15) is 0 Å². The summed E-state index contributed by atoms with van der Waals surface area (Å²) in [5.41, 5.74) is 1.86. The molecule has 0 atom stereocenters. The van der Waals surface area contributed by atoms with E-state index in [9.17, 15) is 0 Å². The molecule has 164 valence electrons. The Bertz CT molecular complexity index is 1270. The van der Waals surface area contributed by atoms with Gasteiger partial charge < -0.3 is 4.90 Å². The Morgan fingerprint density at radius 1 is 0.938 bits per heavy atom. The van der Waals surface area contributed by atoms with Crippen LogP contribution in [-0.4, -0.2) is 51.4 Å². The van der Waals surface area contributed by atoms with Crippen LogP contribution in [0.5, 0.6) is 0 Å². The highest BCUT2D eigenvalue weighted by molar-refractivity contribution is 6.22. The third-order valence-electron chi connectivity index (χ3n) is 4.99. The monoisotopic (exact) mass is 426 g/mol. The van der Waals surface area contributed by atoms with Crippen LogP contribution in [0.4, 0.5) is 0 Å². The van der Waals surface area contributed by atoms with E-state index in [1.54, 1.807) is 32.1 Å². The SMILES string of the molecule is CC.CCN(C)C=NC.c1ccc2c(c1)c1ccccc1c1nc(-n3ccnc3)cnc21. The van der Waals surface area contributed by atoms with Crippen molar-refractivity contribution in [3.63, 3.8) is 0 Å². The Morgan fingerprint density at radius 3 is 2.03 bits per heavy atom. The van der Waals surface area contributed by atoms with Crippen molar-refractivity contribution in [3.8, 4) is 5.82 Å². The van der Waals surface area contributed by atoms with Crippen LogP contribution in [0.2, 0.25) is 0 Å². The Kier molecular flexibility index (Phi) is 7.86. The van der Waals surface area contributed by atoms with Crippen LogP contribution in [-0.2, 0) is 0 Å². The smallest absolute Gasteiger partial charge is 0.157 e. The first-order valence-electron chi connectivity index (χ1n) is 10.9. The minimum Gasteiger partial charge on any atom is -0.366 e. The molecule has 0 saturated heterocycles. The van der Waals surface area contributed by atoms with Crippen molar-refractivity contribution in [3.05, 3.63) is 73.4 Å². The summed E-state index contributed by atoms with van der Waals surface area (Å²) >= 11 is 0. The predicted molar refractivity (Wildman–Crippen MR) is 136 cm³/mol. The molecule has 0 aliphatic carbocycles. The maximum Gasteiger partial charge on any atom is 0.157 e. The van der Waals surface area contributed by atoms with Gasteiger partial charge in [0.05, 0.1) is 23.6 Å². The first-order valence-corrected chi connectivity index (χ1v) is 10.9. The Balaban J connectivity index is 0.000000278. The molecule has 0 aliphatic heterocycles. The number of aromatic nitrogens is 4. The quantitative estimate of drug-likeness (QED) is 0.210. The molecule has 0 fully saturated rings. The van der Waals surface area contributed by atoms with E-state index in [4.69, 9.17) is 9.97 Å². The Hall–Kier alpha value is -3.80. The lowest BCUT2D eigenvalue weighted by atomic mass is 10.00. The van der Waals surface area contributed by atoms with Crippen molar-refractivity contribution in [2.45, 2.75) is 20.8 Å². The van der Waals surface area contributed by atoms with E-state index in [1.165, 1.54) is 10.8 Å². The molecule has 2 heterocycles. The van der Waals surface area contributed by atoms with E-state index in [-0.39, 0.29) is 0 Å². The summed E-state index contributed by atoms with van der Waals surface area (Å²) in [6, 6.07) is 16.7. The first-order chi connectivity index (χ1) is 15.7. The summed E-state index contributed by atoms with van der Waals surface area (Å²) in [4.78, 5) is 19.5. The van der Waals surface area contributed by atoms with Crippen molar-refractivity contribution in [1.29, 1.82) is 0 Å². The molecule has 5 aromatic rings. The molecule has 32 heavy (non-hydrogen) atoms. The summed E-state index contributed by atoms with van der Waals surface area (Å²) in [7, 11) is 3.76. The number of hydrogen-bond acceptors (Lipinski definition) is 4. The van der Waals surface area contributed by atoms with Gasteiger partial charge in [0.1, 0.15) is 6.33 Å². The number of nitrogens with zero attached hydrogens (tertiary/aromatic N) is 6. The fraction of sp³-hybridized carbons (Fsp3) is 0.231. The molecule has 6 heteroatoms. The minimum absolute atomic E-state index is 0.774. The Labute approximate surface area is 189 Å². The summed E-state index contributed by atoms with van der Waals surface area (Å²) in [5, 5.41) is 4.66. The van der Waals surface area contributed by atoms with Crippen molar-refractivity contribution in [1.82, 2.24) is 24.4 Å². The number of rotatable bonds is 3. The van der Waals surface area contributed by atoms with Gasteiger partial charge in [-0.1, -0.05) is 62.4 Å². The third-order valence-corrected chi connectivity index (χ3v) is 4.99. The van der Waals surface area contributed by atoms with Crippen LogP contribution in [0.15, 0.2) is 78.4 Å². The average molecular weight is 427 g/mol. The van der Waals surface area contributed by atoms with Crippen LogP contribution in [0.25, 0.3) is 38.4 Å². The molecule has 0 aliphatic rings. The van der Waals surface area contributed by atoms with Crippen molar-refractivity contribution < 1.29 is 0 Å². The maximum absolute atomic E-state index is 4.86. The van der Waals surface area contributed by atoms with E-state index in [1.807, 2.05) is 48.7 Å². The van der Waals surface area contributed by atoms with Gasteiger partial charge in [0, 0.05) is 43.8 Å². The minimum atomic E-state index is 0.774. The molecule has 0 saturated carbocycles. The predicted octanol–water partition coefficient (Wildman–Crippen LogP) is 5.74. The number of fused-ring (bicyclic) bond motifs is 6. The van der Waals surface area contributed by atoms with Crippen LogP contribution >= 0.6 is 0 Å². The van der Waals surface area contributed by atoms with Gasteiger partial charge in [0.15, 0.2) is 5.82 Å². The molecule has 0 N–H and O–H groups in total. The van der Waals surface area contributed by atoms with E-state index in [0.717, 1.165) is 34.2 Å². The zero-order valence-electron chi connectivity index (χ0n) is 19.4. The topological polar surface area (TPSA) is 59.2 Å². The molecule has 0 bridgehead atoms. The van der Waals surface area contributed by atoms with Crippen LogP contribution < -0.4 is 0 Å². The average Bonchev–Trinajstić information content (AvgIpc) is 3.41. The lowest BCUT2D eigenvalue weighted by molar-refractivity contribution is 0.551. The van der Waals surface area contributed by atoms with E-state index >= 15 is 0 Å². The highest BCUT2D eigenvalue weighted by Gasteiger charge is 2.11. The Morgan fingerprint density at radius 2 is 1.53 bits per heavy atom. The van der Waals surface area contributed by atoms with E-state index < -0.39 is 0 Å². The van der Waals surface area contributed by atoms with E-state index in [0.29, 0.717) is 0 Å². The fourth-order valence-electron chi connectivity index (χ4n) is 3.41. The van der Waals surface area contributed by atoms with Crippen LogP contribution in [0.3, 0.4) is 0 Å². The first kappa shape index (κ1) is 22.9. The largest absolute Gasteiger partial charge is 0.366 e. The van der Waals surface area contributed by atoms with E-state index in [2.05, 4.69) is 53.3 Å². The lowest BCUT2D eigenvalue weighted by Gasteiger charge is -2.10. The van der Waals surface area contributed by atoms with Crippen molar-refractivity contribution in [2.75, 3.05) is 20.6 Å². The zero-order chi connectivity index (χ0) is 22.9. The van der Waals surface area contributed by atoms with Crippen molar-refractivity contribution in [2.24, 2.45) is 4.99 Å². The second-order valence-corrected chi connectivity index (χ2v) is 6.93. The molecule has 2 aromatic heterocycles. The van der Waals surface area contributed by atoms with Gasteiger partial charge in [0.2, 0.25) is 0 Å². The molecule has 0 amide bonds. The van der Waals surface area contributed by atoms with Gasteiger partial charge >= 0.3 is 0 Å². The molecular formula is C26H30N6. The molecule has 5 rings (SSSR count). The summed E-state index contributed by atoms with van der Waals surface area (Å²) in [5.74, 6) is 0.774. The lowest BCUT2D eigenvalue weighted by Crippen LogP contribution is -2.14. The third kappa shape index (κ3) is 4.75.